The highest BCUT2D eigenvalue weighted by Gasteiger charge is 2.22. The Morgan fingerprint density at radius 3 is 2.67 bits per heavy atom. The molecular weight excluding hydrogens is 272 g/mol. The van der Waals surface area contributed by atoms with Gasteiger partial charge in [-0.15, -0.1) is 5.10 Å². The standard InChI is InChI=1S/C14H22N4O3/c1-15-12(19)9-18-11(13(14(20)21)16-17-18)8-7-10-5-3-2-4-6-10/h10H,2-9H2,1H3,(H,15,19)(H,20,21). The maximum absolute atomic E-state index is 11.5. The highest BCUT2D eigenvalue weighted by molar-refractivity contribution is 5.86. The molecule has 0 aliphatic heterocycles. The first kappa shape index (κ1) is 15.5. The van der Waals surface area contributed by atoms with Crippen LogP contribution in [0, 0.1) is 5.92 Å². The number of amides is 1. The second kappa shape index (κ2) is 7.19. The van der Waals surface area contributed by atoms with Crippen LogP contribution in [-0.4, -0.2) is 39.0 Å². The van der Waals surface area contributed by atoms with E-state index in [0.29, 0.717) is 18.0 Å². The van der Waals surface area contributed by atoms with E-state index in [1.165, 1.54) is 36.8 Å². The fraction of sp³-hybridized carbons (Fsp3) is 0.714. The normalized spacial score (nSPS) is 15.9. The molecule has 1 fully saturated rings. The van der Waals surface area contributed by atoms with Crippen LogP contribution in [0.4, 0.5) is 0 Å². The average Bonchev–Trinajstić information content (AvgIpc) is 2.89. The smallest absolute Gasteiger partial charge is 0.358 e. The average molecular weight is 294 g/mol. The summed E-state index contributed by atoms with van der Waals surface area (Å²) in [7, 11) is 1.54. The summed E-state index contributed by atoms with van der Waals surface area (Å²) in [4.78, 5) is 22.7. The largest absolute Gasteiger partial charge is 0.476 e. The highest BCUT2D eigenvalue weighted by Crippen LogP contribution is 2.27. The Hall–Kier alpha value is -1.92. The molecule has 0 spiro atoms. The fourth-order valence-electron chi connectivity index (χ4n) is 2.91. The Balaban J connectivity index is 2.08. The molecule has 2 N–H and O–H groups in total. The Morgan fingerprint density at radius 2 is 2.05 bits per heavy atom. The van der Waals surface area contributed by atoms with Gasteiger partial charge < -0.3 is 10.4 Å². The van der Waals surface area contributed by atoms with E-state index < -0.39 is 5.97 Å². The van der Waals surface area contributed by atoms with E-state index in [9.17, 15) is 14.7 Å². The summed E-state index contributed by atoms with van der Waals surface area (Å²) in [6.45, 7) is 0.0107. The van der Waals surface area contributed by atoms with Crippen LogP contribution in [0.5, 0.6) is 0 Å². The van der Waals surface area contributed by atoms with Crippen molar-refractivity contribution in [1.82, 2.24) is 20.3 Å². The molecule has 1 heterocycles. The van der Waals surface area contributed by atoms with Gasteiger partial charge in [0.05, 0.1) is 5.69 Å². The van der Waals surface area contributed by atoms with Crippen LogP contribution >= 0.6 is 0 Å². The number of rotatable bonds is 6. The second-order valence-corrected chi connectivity index (χ2v) is 5.56. The SMILES string of the molecule is CNC(=O)Cn1nnc(C(=O)O)c1CCC1CCCCC1. The third-order valence-corrected chi connectivity index (χ3v) is 4.13. The summed E-state index contributed by atoms with van der Waals surface area (Å²) >= 11 is 0. The minimum atomic E-state index is -1.09. The molecule has 0 aromatic carbocycles. The third-order valence-electron chi connectivity index (χ3n) is 4.13. The van der Waals surface area contributed by atoms with E-state index in [1.54, 1.807) is 7.05 Å². The zero-order chi connectivity index (χ0) is 15.2. The van der Waals surface area contributed by atoms with Crippen molar-refractivity contribution in [2.75, 3.05) is 7.05 Å². The van der Waals surface area contributed by atoms with Crippen LogP contribution in [0.1, 0.15) is 54.7 Å². The zero-order valence-electron chi connectivity index (χ0n) is 12.3. The summed E-state index contributed by atoms with van der Waals surface area (Å²) in [6, 6.07) is 0. The first-order valence-electron chi connectivity index (χ1n) is 7.48. The number of hydrogen-bond acceptors (Lipinski definition) is 4. The highest BCUT2D eigenvalue weighted by atomic mass is 16.4. The van der Waals surface area contributed by atoms with Crippen molar-refractivity contribution in [2.24, 2.45) is 5.92 Å². The quantitative estimate of drug-likeness (QED) is 0.822. The second-order valence-electron chi connectivity index (χ2n) is 5.56. The molecule has 1 saturated carbocycles. The van der Waals surface area contributed by atoms with Gasteiger partial charge in [-0.1, -0.05) is 37.3 Å². The number of aromatic carboxylic acids is 1. The Bertz CT molecular complexity index is 506. The Kier molecular flexibility index (Phi) is 5.30. The molecule has 1 aliphatic rings. The topological polar surface area (TPSA) is 97.1 Å². The lowest BCUT2D eigenvalue weighted by Crippen LogP contribution is -2.25. The number of carboxylic acids is 1. The number of nitrogens with one attached hydrogen (secondary N) is 1. The fourth-order valence-corrected chi connectivity index (χ4v) is 2.91. The number of aromatic nitrogens is 3. The minimum absolute atomic E-state index is 0.0107. The predicted molar refractivity (Wildman–Crippen MR) is 75.9 cm³/mol. The molecule has 0 atom stereocenters. The van der Waals surface area contributed by atoms with Crippen molar-refractivity contribution >= 4 is 11.9 Å². The van der Waals surface area contributed by atoms with Crippen LogP contribution in [0.15, 0.2) is 0 Å². The first-order chi connectivity index (χ1) is 10.1. The Labute approximate surface area is 123 Å². The summed E-state index contributed by atoms with van der Waals surface area (Å²) in [6.07, 6.45) is 7.77. The van der Waals surface area contributed by atoms with E-state index in [2.05, 4.69) is 15.6 Å². The summed E-state index contributed by atoms with van der Waals surface area (Å²) < 4.78 is 1.41. The van der Waals surface area contributed by atoms with Gasteiger partial charge in [-0.25, -0.2) is 9.48 Å². The number of carbonyl (C=O) groups is 2. The molecule has 7 nitrogen and oxygen atoms in total. The van der Waals surface area contributed by atoms with Gasteiger partial charge in [-0.2, -0.15) is 0 Å². The van der Waals surface area contributed by atoms with Crippen molar-refractivity contribution in [3.63, 3.8) is 0 Å². The summed E-state index contributed by atoms with van der Waals surface area (Å²) in [5, 5.41) is 19.2. The molecule has 1 aromatic heterocycles. The van der Waals surface area contributed by atoms with Crippen LogP contribution in [0.2, 0.25) is 0 Å². The molecule has 21 heavy (non-hydrogen) atoms. The van der Waals surface area contributed by atoms with Gasteiger partial charge in [0, 0.05) is 7.05 Å². The lowest BCUT2D eigenvalue weighted by Gasteiger charge is -2.21. The molecule has 0 unspecified atom stereocenters. The van der Waals surface area contributed by atoms with Gasteiger partial charge in [0.25, 0.3) is 0 Å². The number of carbonyl (C=O) groups excluding carboxylic acids is 1. The number of hydrogen-bond donors (Lipinski definition) is 2. The Morgan fingerprint density at radius 1 is 1.33 bits per heavy atom. The lowest BCUT2D eigenvalue weighted by molar-refractivity contribution is -0.121. The van der Waals surface area contributed by atoms with Crippen LogP contribution in [0.3, 0.4) is 0 Å². The summed E-state index contributed by atoms with van der Waals surface area (Å²) in [5.74, 6) is -0.656. The van der Waals surface area contributed by atoms with E-state index in [1.807, 2.05) is 0 Å². The van der Waals surface area contributed by atoms with E-state index in [-0.39, 0.29) is 18.1 Å². The number of carboxylic acid groups (broad SMARTS) is 1. The van der Waals surface area contributed by atoms with E-state index >= 15 is 0 Å². The third kappa shape index (κ3) is 4.03. The molecule has 0 radical (unpaired) electrons. The van der Waals surface area contributed by atoms with Gasteiger partial charge in [-0.3, -0.25) is 4.79 Å². The van der Waals surface area contributed by atoms with Crippen molar-refractivity contribution in [3.8, 4) is 0 Å². The van der Waals surface area contributed by atoms with Crippen molar-refractivity contribution in [2.45, 2.75) is 51.5 Å². The molecule has 1 amide bonds. The maximum Gasteiger partial charge on any atom is 0.358 e. The molecule has 2 rings (SSSR count). The molecule has 1 aliphatic carbocycles. The molecule has 1 aromatic rings. The molecule has 0 bridgehead atoms. The summed E-state index contributed by atoms with van der Waals surface area (Å²) in [5.41, 5.74) is 0.520. The molecular formula is C14H22N4O3. The maximum atomic E-state index is 11.5. The van der Waals surface area contributed by atoms with Gasteiger partial charge in [0.2, 0.25) is 5.91 Å². The van der Waals surface area contributed by atoms with Crippen molar-refractivity contribution in [1.29, 1.82) is 0 Å². The number of nitrogens with zero attached hydrogens (tertiary/aromatic N) is 3. The molecule has 116 valence electrons. The number of likely N-dealkylation sites (N-methyl/N-ethyl adjacent to an activating group) is 1. The predicted octanol–water partition coefficient (Wildman–Crippen LogP) is 1.24. The van der Waals surface area contributed by atoms with E-state index in [4.69, 9.17) is 0 Å². The van der Waals surface area contributed by atoms with Gasteiger partial charge in [0.15, 0.2) is 5.69 Å². The molecule has 7 heteroatoms. The minimum Gasteiger partial charge on any atom is -0.476 e. The lowest BCUT2D eigenvalue weighted by atomic mass is 9.85. The van der Waals surface area contributed by atoms with Gasteiger partial charge in [-0.05, 0) is 18.8 Å². The van der Waals surface area contributed by atoms with Crippen LogP contribution in [-0.2, 0) is 17.8 Å². The van der Waals surface area contributed by atoms with E-state index in [0.717, 1.165) is 6.42 Å². The van der Waals surface area contributed by atoms with Gasteiger partial charge >= 0.3 is 5.97 Å². The van der Waals surface area contributed by atoms with Crippen molar-refractivity contribution in [3.05, 3.63) is 11.4 Å². The van der Waals surface area contributed by atoms with Crippen LogP contribution in [0.25, 0.3) is 0 Å². The zero-order valence-corrected chi connectivity index (χ0v) is 12.3. The monoisotopic (exact) mass is 294 g/mol. The first-order valence-corrected chi connectivity index (χ1v) is 7.48. The van der Waals surface area contributed by atoms with Crippen LogP contribution < -0.4 is 5.32 Å². The van der Waals surface area contributed by atoms with Crippen molar-refractivity contribution < 1.29 is 14.7 Å². The molecule has 0 saturated heterocycles. The van der Waals surface area contributed by atoms with Gasteiger partial charge in [0.1, 0.15) is 6.54 Å².